The maximum atomic E-state index is 13.1. The van der Waals surface area contributed by atoms with Gasteiger partial charge in [0.15, 0.2) is 6.29 Å². The van der Waals surface area contributed by atoms with E-state index in [1.807, 2.05) is 0 Å². The number of amides is 1. The molecule has 1 rings (SSSR count). The van der Waals surface area contributed by atoms with Crippen LogP contribution in [0.1, 0.15) is 354 Å². The van der Waals surface area contributed by atoms with Crippen molar-refractivity contribution in [2.45, 2.75) is 397 Å². The molecule has 9 heteroatoms. The molecule has 0 aliphatic carbocycles. The normalized spacial score (nSPS) is 18.8. The van der Waals surface area contributed by atoms with Gasteiger partial charge in [-0.1, -0.05) is 335 Å². The maximum Gasteiger partial charge on any atom is 0.220 e. The van der Waals surface area contributed by atoms with Crippen molar-refractivity contribution in [3.63, 3.8) is 0 Å². The van der Waals surface area contributed by atoms with Crippen molar-refractivity contribution in [2.75, 3.05) is 13.2 Å². The Morgan fingerprint density at radius 1 is 0.405 bits per heavy atom. The van der Waals surface area contributed by atoms with Crippen molar-refractivity contribution in [3.8, 4) is 0 Å². The van der Waals surface area contributed by atoms with E-state index in [-0.39, 0.29) is 12.5 Å². The van der Waals surface area contributed by atoms with Crippen molar-refractivity contribution in [1.29, 1.82) is 0 Å². The van der Waals surface area contributed by atoms with Crippen LogP contribution in [0.15, 0.2) is 0 Å². The molecule has 1 amide bonds. The van der Waals surface area contributed by atoms with Gasteiger partial charge in [0.25, 0.3) is 0 Å². The first-order valence-corrected chi connectivity index (χ1v) is 33.2. The van der Waals surface area contributed by atoms with E-state index in [4.69, 9.17) is 9.47 Å². The van der Waals surface area contributed by atoms with Crippen molar-refractivity contribution < 1.29 is 39.8 Å². The first-order valence-electron chi connectivity index (χ1n) is 33.2. The molecule has 0 aromatic rings. The number of nitrogens with one attached hydrogen (secondary N) is 1. The summed E-state index contributed by atoms with van der Waals surface area (Å²) >= 11 is 0. The Kier molecular flexibility index (Phi) is 53.4. The van der Waals surface area contributed by atoms with Crippen LogP contribution in [0.25, 0.3) is 0 Å². The maximum absolute atomic E-state index is 13.1. The van der Waals surface area contributed by atoms with Gasteiger partial charge in [0, 0.05) is 6.42 Å². The number of unbranched alkanes of at least 4 members (excludes halogenated alkanes) is 49. The smallest absolute Gasteiger partial charge is 0.220 e. The fraction of sp³-hybridized carbons (Fsp3) is 0.985. The molecule has 0 aromatic carbocycles. The van der Waals surface area contributed by atoms with Gasteiger partial charge in [0.05, 0.1) is 25.4 Å². The largest absolute Gasteiger partial charge is 0.394 e. The molecule has 9 nitrogen and oxygen atoms in total. The molecule has 0 radical (unpaired) electrons. The van der Waals surface area contributed by atoms with E-state index in [9.17, 15) is 30.3 Å². The molecule has 0 saturated carbocycles. The summed E-state index contributed by atoms with van der Waals surface area (Å²) in [5.74, 6) is -0.134. The Balaban J connectivity index is 2.06. The highest BCUT2D eigenvalue weighted by Gasteiger charge is 2.44. The first kappa shape index (κ1) is 71.2. The summed E-state index contributed by atoms with van der Waals surface area (Å²) in [6.07, 6.45) is 61.7. The Morgan fingerprint density at radius 3 is 0.959 bits per heavy atom. The molecule has 0 aromatic heterocycles. The third-order valence-corrected chi connectivity index (χ3v) is 16.5. The molecule has 0 spiro atoms. The number of ether oxygens (including phenoxy) is 2. The number of hydrogen-bond donors (Lipinski definition) is 6. The molecule has 1 saturated heterocycles. The minimum atomic E-state index is -1.55. The molecule has 1 aliphatic heterocycles. The second-order valence-electron chi connectivity index (χ2n) is 23.6. The Hall–Kier alpha value is -0.810. The second-order valence-corrected chi connectivity index (χ2v) is 23.6. The van der Waals surface area contributed by atoms with Gasteiger partial charge < -0.3 is 40.3 Å². The van der Waals surface area contributed by atoms with Crippen LogP contribution in [-0.4, -0.2) is 87.5 Å². The molecule has 6 N–H and O–H groups in total. The lowest BCUT2D eigenvalue weighted by Crippen LogP contribution is -2.60. The van der Waals surface area contributed by atoms with Crippen LogP contribution >= 0.6 is 0 Å². The number of aliphatic hydroxyl groups excluding tert-OH is 5. The predicted octanol–water partition coefficient (Wildman–Crippen LogP) is 17.4. The fourth-order valence-corrected chi connectivity index (χ4v) is 11.2. The van der Waals surface area contributed by atoms with Gasteiger partial charge in [-0.05, 0) is 12.8 Å². The third kappa shape index (κ3) is 44.1. The number of hydrogen-bond acceptors (Lipinski definition) is 8. The lowest BCUT2D eigenvalue weighted by Gasteiger charge is -2.40. The average Bonchev–Trinajstić information content (AvgIpc) is 3.40. The van der Waals surface area contributed by atoms with Gasteiger partial charge in [-0.25, -0.2) is 0 Å². The lowest BCUT2D eigenvalue weighted by molar-refractivity contribution is -0.302. The van der Waals surface area contributed by atoms with E-state index in [0.29, 0.717) is 12.8 Å². The van der Waals surface area contributed by atoms with Gasteiger partial charge in [-0.15, -0.1) is 0 Å². The Morgan fingerprint density at radius 2 is 0.676 bits per heavy atom. The van der Waals surface area contributed by atoms with Crippen LogP contribution in [0.5, 0.6) is 0 Å². The summed E-state index contributed by atoms with van der Waals surface area (Å²) in [6, 6.07) is -0.714. The van der Waals surface area contributed by atoms with Crippen LogP contribution < -0.4 is 5.32 Å². The monoisotopic (exact) mass is 1050 g/mol. The standard InChI is InChI=1S/C65H129NO8/c1-3-5-7-9-11-13-15-17-19-21-22-23-24-25-26-27-28-29-30-31-32-33-34-35-36-37-39-41-43-45-47-49-51-53-55-61(69)66-58(57-73-65-64(72)63(71)62(70)60(56-67)74-65)59(68)54-52-50-48-46-44-42-40-38-20-18-16-14-12-10-8-6-4-2/h58-60,62-65,67-68,70-72H,3-57H2,1-2H3,(H,66,69)/t58-,59+,60+,62+,63?,64?,65+/m0/s1. The van der Waals surface area contributed by atoms with Crippen molar-refractivity contribution in [2.24, 2.45) is 0 Å². The van der Waals surface area contributed by atoms with E-state index in [2.05, 4.69) is 19.2 Å². The molecule has 7 atom stereocenters. The number of carbonyl (C=O) groups excluding carboxylic acids is 1. The third-order valence-electron chi connectivity index (χ3n) is 16.5. The van der Waals surface area contributed by atoms with E-state index in [1.165, 1.54) is 289 Å². The Labute approximate surface area is 459 Å². The summed E-state index contributed by atoms with van der Waals surface area (Å²) in [6.45, 7) is 3.90. The van der Waals surface area contributed by atoms with Crippen LogP contribution in [0.4, 0.5) is 0 Å². The van der Waals surface area contributed by atoms with Gasteiger partial charge in [-0.3, -0.25) is 4.79 Å². The summed E-state index contributed by atoms with van der Waals surface area (Å²) in [5.41, 5.74) is 0. The van der Waals surface area contributed by atoms with Gasteiger partial charge in [0.1, 0.15) is 24.4 Å². The zero-order valence-electron chi connectivity index (χ0n) is 49.4. The molecule has 1 heterocycles. The molecule has 74 heavy (non-hydrogen) atoms. The van der Waals surface area contributed by atoms with Crippen molar-refractivity contribution in [3.05, 3.63) is 0 Å². The van der Waals surface area contributed by atoms with Gasteiger partial charge in [-0.2, -0.15) is 0 Å². The second kappa shape index (κ2) is 55.5. The highest BCUT2D eigenvalue weighted by molar-refractivity contribution is 5.76. The predicted molar refractivity (Wildman–Crippen MR) is 314 cm³/mol. The lowest BCUT2D eigenvalue weighted by atomic mass is 9.99. The van der Waals surface area contributed by atoms with E-state index < -0.39 is 49.5 Å². The zero-order chi connectivity index (χ0) is 53.6. The molecule has 2 unspecified atom stereocenters. The minimum Gasteiger partial charge on any atom is -0.394 e. The Bertz CT molecular complexity index is 1130. The van der Waals surface area contributed by atoms with Crippen LogP contribution in [0.3, 0.4) is 0 Å². The minimum absolute atomic E-state index is 0.131. The molecule has 442 valence electrons. The van der Waals surface area contributed by atoms with Crippen LogP contribution in [0, 0.1) is 0 Å². The average molecular weight is 1050 g/mol. The highest BCUT2D eigenvalue weighted by Crippen LogP contribution is 2.24. The quantitative estimate of drug-likeness (QED) is 0.0330. The molecular formula is C65H129NO8. The SMILES string of the molecule is CCCCCCCCCCCCCCCCCCCCCCCCCCCCCCCCCCCCC(=O)N[C@@H](CO[C@@H]1O[C@H](CO)[C@@H](O)C(O)C1O)[C@H](O)CCCCCCCCCCCCCCCCCCC. The first-order chi connectivity index (χ1) is 36.3. The summed E-state index contributed by atoms with van der Waals surface area (Å²) < 4.78 is 11.3. The molecular weight excluding hydrogens is 923 g/mol. The molecule has 1 aliphatic rings. The highest BCUT2D eigenvalue weighted by atomic mass is 16.7. The number of rotatable bonds is 59. The van der Waals surface area contributed by atoms with Gasteiger partial charge in [0.2, 0.25) is 5.91 Å². The fourth-order valence-electron chi connectivity index (χ4n) is 11.2. The summed E-state index contributed by atoms with van der Waals surface area (Å²) in [7, 11) is 0. The number of carbonyl (C=O) groups is 1. The van der Waals surface area contributed by atoms with E-state index in [0.717, 1.165) is 38.5 Å². The molecule has 0 bridgehead atoms. The van der Waals surface area contributed by atoms with Crippen LogP contribution in [0.2, 0.25) is 0 Å². The number of aliphatic hydroxyl groups is 5. The van der Waals surface area contributed by atoms with Crippen molar-refractivity contribution >= 4 is 5.91 Å². The van der Waals surface area contributed by atoms with Crippen LogP contribution in [-0.2, 0) is 14.3 Å². The zero-order valence-corrected chi connectivity index (χ0v) is 49.4. The van der Waals surface area contributed by atoms with E-state index >= 15 is 0 Å². The topological polar surface area (TPSA) is 149 Å². The van der Waals surface area contributed by atoms with E-state index in [1.54, 1.807) is 0 Å². The summed E-state index contributed by atoms with van der Waals surface area (Å²) in [5, 5.41) is 54.8. The summed E-state index contributed by atoms with van der Waals surface area (Å²) in [4.78, 5) is 13.1. The van der Waals surface area contributed by atoms with Gasteiger partial charge >= 0.3 is 0 Å². The molecule has 1 fully saturated rings. The van der Waals surface area contributed by atoms with Crippen molar-refractivity contribution in [1.82, 2.24) is 5.32 Å².